The minimum Gasteiger partial charge on any atom is -0.339 e. The van der Waals surface area contributed by atoms with Crippen LogP contribution in [0.5, 0.6) is 0 Å². The van der Waals surface area contributed by atoms with Crippen molar-refractivity contribution in [1.29, 1.82) is 0 Å². The zero-order valence-corrected chi connectivity index (χ0v) is 16.3. The molecule has 0 aromatic heterocycles. The summed E-state index contributed by atoms with van der Waals surface area (Å²) in [6, 6.07) is 16.5. The van der Waals surface area contributed by atoms with Crippen LogP contribution in [0.1, 0.15) is 5.56 Å². The van der Waals surface area contributed by atoms with E-state index in [1.165, 1.54) is 21.6 Å². The Hall–Kier alpha value is -1.83. The quantitative estimate of drug-likeness (QED) is 0.737. The summed E-state index contributed by atoms with van der Waals surface area (Å²) in [5, 5.41) is 0. The number of carbonyl (C=O) groups excluding carboxylic acids is 1. The second-order valence-electron chi connectivity index (χ2n) is 6.20. The molecular formula is C19H22N2O3S2. The Morgan fingerprint density at radius 1 is 0.962 bits per heavy atom. The summed E-state index contributed by atoms with van der Waals surface area (Å²) in [5.74, 6) is 0.418. The van der Waals surface area contributed by atoms with E-state index in [9.17, 15) is 13.2 Å². The SMILES string of the molecule is Cc1ccc(SCC(=O)N2CCN(S(=O)(=O)c3ccccc3)CC2)cc1. The van der Waals surface area contributed by atoms with E-state index >= 15 is 0 Å². The van der Waals surface area contributed by atoms with E-state index in [-0.39, 0.29) is 5.91 Å². The third kappa shape index (κ3) is 4.47. The third-order valence-electron chi connectivity index (χ3n) is 4.36. The minimum atomic E-state index is -3.48. The highest BCUT2D eigenvalue weighted by atomic mass is 32.2. The zero-order valence-electron chi connectivity index (χ0n) is 14.7. The van der Waals surface area contributed by atoms with Crippen LogP contribution >= 0.6 is 11.8 Å². The Labute approximate surface area is 159 Å². The number of nitrogens with zero attached hydrogens (tertiary/aromatic N) is 2. The zero-order chi connectivity index (χ0) is 18.6. The van der Waals surface area contributed by atoms with Gasteiger partial charge in [0.15, 0.2) is 0 Å². The van der Waals surface area contributed by atoms with Crippen molar-refractivity contribution in [3.8, 4) is 0 Å². The number of aryl methyl sites for hydroxylation is 1. The normalized spacial score (nSPS) is 15.8. The van der Waals surface area contributed by atoms with E-state index in [2.05, 4.69) is 0 Å². The molecule has 1 heterocycles. The second kappa shape index (κ2) is 8.24. The van der Waals surface area contributed by atoms with Gasteiger partial charge in [0.05, 0.1) is 10.6 Å². The molecule has 0 atom stereocenters. The molecule has 0 saturated carbocycles. The third-order valence-corrected chi connectivity index (χ3v) is 7.27. The summed E-state index contributed by atoms with van der Waals surface area (Å²) >= 11 is 1.51. The molecule has 2 aromatic carbocycles. The van der Waals surface area contributed by atoms with Crippen LogP contribution in [0.15, 0.2) is 64.4 Å². The average Bonchev–Trinajstić information content (AvgIpc) is 2.68. The van der Waals surface area contributed by atoms with Crippen LogP contribution in [0.3, 0.4) is 0 Å². The Bertz CT molecular complexity index is 844. The Balaban J connectivity index is 1.53. The number of sulfonamides is 1. The highest BCUT2D eigenvalue weighted by molar-refractivity contribution is 8.00. The lowest BCUT2D eigenvalue weighted by Gasteiger charge is -2.34. The fourth-order valence-electron chi connectivity index (χ4n) is 2.79. The first-order valence-corrected chi connectivity index (χ1v) is 10.9. The fourth-order valence-corrected chi connectivity index (χ4v) is 5.03. The predicted octanol–water partition coefficient (Wildman–Crippen LogP) is 2.62. The molecule has 0 N–H and O–H groups in total. The smallest absolute Gasteiger partial charge is 0.243 e. The molecule has 1 saturated heterocycles. The summed E-state index contributed by atoms with van der Waals surface area (Å²) in [7, 11) is -3.48. The molecule has 5 nitrogen and oxygen atoms in total. The average molecular weight is 391 g/mol. The van der Waals surface area contributed by atoms with Crippen molar-refractivity contribution >= 4 is 27.7 Å². The lowest BCUT2D eigenvalue weighted by molar-refractivity contribution is -0.129. The van der Waals surface area contributed by atoms with Crippen molar-refractivity contribution in [1.82, 2.24) is 9.21 Å². The van der Waals surface area contributed by atoms with Gasteiger partial charge in [0.2, 0.25) is 15.9 Å². The molecule has 1 aliphatic heterocycles. The molecule has 0 unspecified atom stereocenters. The number of carbonyl (C=O) groups is 1. The monoisotopic (exact) mass is 390 g/mol. The molecule has 26 heavy (non-hydrogen) atoms. The molecule has 3 rings (SSSR count). The first-order chi connectivity index (χ1) is 12.5. The minimum absolute atomic E-state index is 0.0485. The van der Waals surface area contributed by atoms with Crippen LogP contribution in [0.25, 0.3) is 0 Å². The number of piperazine rings is 1. The molecule has 1 amide bonds. The van der Waals surface area contributed by atoms with Gasteiger partial charge in [-0.2, -0.15) is 4.31 Å². The summed E-state index contributed by atoms with van der Waals surface area (Å²) in [5.41, 5.74) is 1.19. The molecular weight excluding hydrogens is 368 g/mol. The molecule has 2 aromatic rings. The number of hydrogen-bond acceptors (Lipinski definition) is 4. The lowest BCUT2D eigenvalue weighted by atomic mass is 10.2. The van der Waals surface area contributed by atoms with E-state index in [0.717, 1.165) is 4.90 Å². The Kier molecular flexibility index (Phi) is 6.01. The summed E-state index contributed by atoms with van der Waals surface area (Å²) in [6.07, 6.45) is 0. The largest absolute Gasteiger partial charge is 0.339 e. The van der Waals surface area contributed by atoms with Crippen molar-refractivity contribution in [2.75, 3.05) is 31.9 Å². The van der Waals surface area contributed by atoms with Gasteiger partial charge in [0, 0.05) is 31.1 Å². The maximum atomic E-state index is 12.6. The number of hydrogen-bond donors (Lipinski definition) is 0. The van der Waals surface area contributed by atoms with Gasteiger partial charge in [0.25, 0.3) is 0 Å². The fraction of sp³-hybridized carbons (Fsp3) is 0.316. The Morgan fingerprint density at radius 2 is 1.58 bits per heavy atom. The van der Waals surface area contributed by atoms with Crippen molar-refractivity contribution in [3.05, 3.63) is 60.2 Å². The van der Waals surface area contributed by atoms with Crippen LogP contribution in [0.4, 0.5) is 0 Å². The molecule has 0 spiro atoms. The van der Waals surface area contributed by atoms with Crippen molar-refractivity contribution < 1.29 is 13.2 Å². The van der Waals surface area contributed by atoms with E-state index in [4.69, 9.17) is 0 Å². The number of amides is 1. The number of rotatable bonds is 5. The molecule has 1 fully saturated rings. The van der Waals surface area contributed by atoms with Gasteiger partial charge < -0.3 is 4.90 Å². The maximum Gasteiger partial charge on any atom is 0.243 e. The van der Waals surface area contributed by atoms with Crippen LogP contribution < -0.4 is 0 Å². The van der Waals surface area contributed by atoms with Gasteiger partial charge in [0.1, 0.15) is 0 Å². The molecule has 0 aliphatic carbocycles. The van der Waals surface area contributed by atoms with E-state index in [1.54, 1.807) is 35.2 Å². The Morgan fingerprint density at radius 3 is 2.19 bits per heavy atom. The summed E-state index contributed by atoms with van der Waals surface area (Å²) < 4.78 is 26.7. The molecule has 138 valence electrons. The number of benzene rings is 2. The van der Waals surface area contributed by atoms with Crippen LogP contribution in [0.2, 0.25) is 0 Å². The predicted molar refractivity (Wildman–Crippen MR) is 104 cm³/mol. The number of thioether (sulfide) groups is 1. The van der Waals surface area contributed by atoms with E-state index < -0.39 is 10.0 Å². The first kappa shape index (κ1) is 18.9. The van der Waals surface area contributed by atoms with Crippen LogP contribution in [-0.4, -0.2) is 55.5 Å². The van der Waals surface area contributed by atoms with Crippen molar-refractivity contribution in [2.45, 2.75) is 16.7 Å². The molecule has 1 aliphatic rings. The van der Waals surface area contributed by atoms with Crippen LogP contribution in [-0.2, 0) is 14.8 Å². The first-order valence-electron chi connectivity index (χ1n) is 8.49. The highest BCUT2D eigenvalue weighted by Crippen LogP contribution is 2.20. The van der Waals surface area contributed by atoms with Gasteiger partial charge >= 0.3 is 0 Å². The van der Waals surface area contributed by atoms with Gasteiger partial charge in [-0.1, -0.05) is 35.9 Å². The van der Waals surface area contributed by atoms with E-state index in [1.807, 2.05) is 31.2 Å². The van der Waals surface area contributed by atoms with E-state index in [0.29, 0.717) is 36.8 Å². The standard InChI is InChI=1S/C19H22N2O3S2/c1-16-7-9-17(10-8-16)25-15-19(22)20-11-13-21(14-12-20)26(23,24)18-5-3-2-4-6-18/h2-10H,11-15H2,1H3. The summed E-state index contributed by atoms with van der Waals surface area (Å²) in [6.45, 7) is 3.55. The second-order valence-corrected chi connectivity index (χ2v) is 9.19. The van der Waals surface area contributed by atoms with Gasteiger partial charge in [-0.25, -0.2) is 8.42 Å². The lowest BCUT2D eigenvalue weighted by Crippen LogP contribution is -2.50. The molecule has 7 heteroatoms. The van der Waals surface area contributed by atoms with Gasteiger partial charge in [-0.05, 0) is 31.2 Å². The van der Waals surface area contributed by atoms with Gasteiger partial charge in [-0.15, -0.1) is 11.8 Å². The van der Waals surface area contributed by atoms with Crippen molar-refractivity contribution in [2.24, 2.45) is 0 Å². The van der Waals surface area contributed by atoms with Crippen LogP contribution in [0, 0.1) is 6.92 Å². The van der Waals surface area contributed by atoms with Gasteiger partial charge in [-0.3, -0.25) is 4.79 Å². The summed E-state index contributed by atoms with van der Waals surface area (Å²) in [4.78, 5) is 15.5. The topological polar surface area (TPSA) is 57.7 Å². The van der Waals surface area contributed by atoms with Crippen molar-refractivity contribution in [3.63, 3.8) is 0 Å². The molecule has 0 bridgehead atoms. The molecule has 0 radical (unpaired) electrons. The highest BCUT2D eigenvalue weighted by Gasteiger charge is 2.29. The maximum absolute atomic E-state index is 12.6.